The van der Waals surface area contributed by atoms with Gasteiger partial charge in [-0.25, -0.2) is 4.79 Å². The van der Waals surface area contributed by atoms with Gasteiger partial charge in [0.2, 0.25) is 5.88 Å². The quantitative estimate of drug-likeness (QED) is 0.508. The van der Waals surface area contributed by atoms with Gasteiger partial charge >= 0.3 is 6.03 Å². The number of hydrogen-bond acceptors (Lipinski definition) is 7. The van der Waals surface area contributed by atoms with E-state index in [0.29, 0.717) is 23.1 Å². The van der Waals surface area contributed by atoms with Gasteiger partial charge in [0.05, 0.1) is 33.6 Å². The highest BCUT2D eigenvalue weighted by Gasteiger charge is 2.06. The lowest BCUT2D eigenvalue weighted by atomic mass is 10.1. The van der Waals surface area contributed by atoms with Crippen LogP contribution in [-0.2, 0) is 0 Å². The third-order valence-corrected chi connectivity index (χ3v) is 4.27. The lowest BCUT2D eigenvalue weighted by Gasteiger charge is -2.11. The first-order valence-electron chi connectivity index (χ1n) is 9.50. The van der Waals surface area contributed by atoms with E-state index in [-0.39, 0.29) is 19.2 Å². The van der Waals surface area contributed by atoms with Crippen molar-refractivity contribution in [1.29, 1.82) is 0 Å². The number of ether oxygens (including phenoxy) is 4. The molecule has 0 atom stereocenters. The molecule has 0 radical (unpaired) electrons. The van der Waals surface area contributed by atoms with Crippen molar-refractivity contribution >= 4 is 11.7 Å². The summed E-state index contributed by atoms with van der Waals surface area (Å²) < 4.78 is 21.0. The standard InChI is InChI=1S/C22H24N4O5/c1-28-17-6-4-15(5-7-17)20-8-9-21(26-25-20)31-11-10-23-22(27)24-16-12-18(29-2)14-19(13-16)30-3/h4-9,12-14H,10-11H2,1-3H3,(H2,23,24,27). The largest absolute Gasteiger partial charge is 0.497 e. The van der Waals surface area contributed by atoms with E-state index in [1.165, 1.54) is 0 Å². The summed E-state index contributed by atoms with van der Waals surface area (Å²) in [5.74, 6) is 2.31. The fraction of sp³-hybridized carbons (Fsp3) is 0.227. The predicted octanol–water partition coefficient (Wildman–Crippen LogP) is 3.37. The zero-order chi connectivity index (χ0) is 22.1. The van der Waals surface area contributed by atoms with E-state index < -0.39 is 0 Å². The van der Waals surface area contributed by atoms with Gasteiger partial charge in [0.1, 0.15) is 23.9 Å². The highest BCUT2D eigenvalue weighted by Crippen LogP contribution is 2.25. The Balaban J connectivity index is 1.44. The molecule has 0 fully saturated rings. The van der Waals surface area contributed by atoms with Gasteiger partial charge in [-0.05, 0) is 30.3 Å². The average molecular weight is 424 g/mol. The number of aromatic nitrogens is 2. The highest BCUT2D eigenvalue weighted by molar-refractivity contribution is 5.89. The minimum atomic E-state index is -0.375. The summed E-state index contributed by atoms with van der Waals surface area (Å²) in [7, 11) is 4.71. The number of nitrogens with zero attached hydrogens (tertiary/aromatic N) is 2. The molecule has 9 heteroatoms. The molecule has 0 aliphatic rings. The van der Waals surface area contributed by atoms with Crippen molar-refractivity contribution in [2.45, 2.75) is 0 Å². The molecule has 0 aliphatic heterocycles. The minimum Gasteiger partial charge on any atom is -0.497 e. The number of benzene rings is 2. The fourth-order valence-electron chi connectivity index (χ4n) is 2.69. The molecule has 1 heterocycles. The van der Waals surface area contributed by atoms with E-state index in [0.717, 1.165) is 17.0 Å². The van der Waals surface area contributed by atoms with Crippen LogP contribution < -0.4 is 29.6 Å². The molecule has 2 amide bonds. The summed E-state index contributed by atoms with van der Waals surface area (Å²) >= 11 is 0. The maximum Gasteiger partial charge on any atom is 0.319 e. The molecule has 0 aliphatic carbocycles. The molecule has 31 heavy (non-hydrogen) atoms. The Kier molecular flexibility index (Phi) is 7.47. The van der Waals surface area contributed by atoms with Gasteiger partial charge in [0.15, 0.2) is 0 Å². The molecular formula is C22H24N4O5. The second-order valence-corrected chi connectivity index (χ2v) is 6.32. The Morgan fingerprint density at radius 1 is 0.839 bits per heavy atom. The van der Waals surface area contributed by atoms with Gasteiger partial charge in [-0.3, -0.25) is 0 Å². The van der Waals surface area contributed by atoms with Crippen molar-refractivity contribution in [1.82, 2.24) is 15.5 Å². The van der Waals surface area contributed by atoms with E-state index in [1.807, 2.05) is 30.3 Å². The molecule has 9 nitrogen and oxygen atoms in total. The number of nitrogens with one attached hydrogen (secondary N) is 2. The van der Waals surface area contributed by atoms with Crippen LogP contribution in [0.4, 0.5) is 10.5 Å². The molecule has 162 valence electrons. The normalized spacial score (nSPS) is 10.2. The van der Waals surface area contributed by atoms with Crippen LogP contribution in [0.3, 0.4) is 0 Å². The van der Waals surface area contributed by atoms with Crippen LogP contribution in [-0.4, -0.2) is 50.7 Å². The molecule has 0 saturated carbocycles. The van der Waals surface area contributed by atoms with Gasteiger partial charge in [-0.2, -0.15) is 0 Å². The van der Waals surface area contributed by atoms with Crippen LogP contribution in [0.25, 0.3) is 11.3 Å². The summed E-state index contributed by atoms with van der Waals surface area (Å²) in [4.78, 5) is 12.1. The van der Waals surface area contributed by atoms with Crippen molar-refractivity contribution in [3.63, 3.8) is 0 Å². The van der Waals surface area contributed by atoms with Gasteiger partial charge in [0.25, 0.3) is 0 Å². The Bertz CT molecular complexity index is 972. The van der Waals surface area contributed by atoms with Crippen molar-refractivity contribution in [2.75, 3.05) is 39.8 Å². The molecule has 2 aromatic carbocycles. The van der Waals surface area contributed by atoms with Gasteiger partial charge in [-0.1, -0.05) is 0 Å². The lowest BCUT2D eigenvalue weighted by molar-refractivity contribution is 0.246. The number of amides is 2. The number of carbonyl (C=O) groups excluding carboxylic acids is 1. The summed E-state index contributed by atoms with van der Waals surface area (Å²) in [6, 6.07) is 15.8. The predicted molar refractivity (Wildman–Crippen MR) is 116 cm³/mol. The van der Waals surface area contributed by atoms with Crippen LogP contribution in [0.2, 0.25) is 0 Å². The van der Waals surface area contributed by atoms with Gasteiger partial charge in [-0.15, -0.1) is 10.2 Å². The average Bonchev–Trinajstić information content (AvgIpc) is 2.82. The zero-order valence-electron chi connectivity index (χ0n) is 17.5. The topological polar surface area (TPSA) is 104 Å². The van der Waals surface area contributed by atoms with Crippen LogP contribution in [0, 0.1) is 0 Å². The number of urea groups is 1. The monoisotopic (exact) mass is 424 g/mol. The Morgan fingerprint density at radius 3 is 2.10 bits per heavy atom. The first-order valence-corrected chi connectivity index (χ1v) is 9.50. The Labute approximate surface area is 180 Å². The van der Waals surface area contributed by atoms with Crippen molar-refractivity contribution < 1.29 is 23.7 Å². The van der Waals surface area contributed by atoms with E-state index >= 15 is 0 Å². The van der Waals surface area contributed by atoms with E-state index in [2.05, 4.69) is 20.8 Å². The van der Waals surface area contributed by atoms with E-state index in [1.54, 1.807) is 45.6 Å². The molecular weight excluding hydrogens is 400 g/mol. The lowest BCUT2D eigenvalue weighted by Crippen LogP contribution is -2.32. The van der Waals surface area contributed by atoms with Crippen molar-refractivity contribution in [3.8, 4) is 34.4 Å². The maximum atomic E-state index is 12.1. The second-order valence-electron chi connectivity index (χ2n) is 6.32. The summed E-state index contributed by atoms with van der Waals surface area (Å²) in [5.41, 5.74) is 2.20. The molecule has 3 aromatic rings. The third kappa shape index (κ3) is 6.23. The van der Waals surface area contributed by atoms with Crippen LogP contribution in [0.15, 0.2) is 54.6 Å². The number of anilines is 1. The van der Waals surface area contributed by atoms with Crippen LogP contribution in [0.5, 0.6) is 23.1 Å². The van der Waals surface area contributed by atoms with Crippen LogP contribution in [0.1, 0.15) is 0 Å². The second kappa shape index (κ2) is 10.7. The minimum absolute atomic E-state index is 0.241. The summed E-state index contributed by atoms with van der Waals surface area (Å²) in [6.45, 7) is 0.528. The number of hydrogen-bond donors (Lipinski definition) is 2. The van der Waals surface area contributed by atoms with E-state index in [9.17, 15) is 4.79 Å². The SMILES string of the molecule is COc1ccc(-c2ccc(OCCNC(=O)Nc3cc(OC)cc(OC)c3)nn2)cc1. The van der Waals surface area contributed by atoms with Gasteiger partial charge in [0, 0.05) is 35.5 Å². The smallest absolute Gasteiger partial charge is 0.319 e. The number of methoxy groups -OCH3 is 3. The molecule has 0 bridgehead atoms. The molecule has 0 spiro atoms. The zero-order valence-corrected chi connectivity index (χ0v) is 17.5. The summed E-state index contributed by atoms with van der Waals surface area (Å²) in [5, 5.41) is 13.7. The first-order chi connectivity index (χ1) is 15.1. The third-order valence-electron chi connectivity index (χ3n) is 4.27. The van der Waals surface area contributed by atoms with Gasteiger partial charge < -0.3 is 29.6 Å². The summed E-state index contributed by atoms with van der Waals surface area (Å²) in [6.07, 6.45) is 0. The molecule has 2 N–H and O–H groups in total. The highest BCUT2D eigenvalue weighted by atomic mass is 16.5. The van der Waals surface area contributed by atoms with Crippen molar-refractivity contribution in [3.05, 3.63) is 54.6 Å². The van der Waals surface area contributed by atoms with Crippen molar-refractivity contribution in [2.24, 2.45) is 0 Å². The maximum absolute atomic E-state index is 12.1. The van der Waals surface area contributed by atoms with E-state index in [4.69, 9.17) is 18.9 Å². The first kappa shape index (κ1) is 21.7. The van der Waals surface area contributed by atoms with Crippen LogP contribution >= 0.6 is 0 Å². The Hall–Kier alpha value is -4.01. The Morgan fingerprint density at radius 2 is 1.52 bits per heavy atom. The molecule has 0 unspecified atom stereocenters. The molecule has 3 rings (SSSR count). The molecule has 1 aromatic heterocycles. The number of rotatable bonds is 9. The number of carbonyl (C=O) groups is 1. The fourth-order valence-corrected chi connectivity index (χ4v) is 2.69. The molecule has 0 saturated heterocycles.